The number of carbonyl (C=O) groups excluding carboxylic acids is 3. The second kappa shape index (κ2) is 16.3. The van der Waals surface area contributed by atoms with E-state index in [9.17, 15) is 14.4 Å². The Hall–Kier alpha value is -1.63. The quantitative estimate of drug-likeness (QED) is 0.223. The van der Waals surface area contributed by atoms with Gasteiger partial charge in [0, 0.05) is 19.4 Å². The normalized spacial score (nSPS) is 14.1. The lowest BCUT2D eigenvalue weighted by Gasteiger charge is -2.12. The number of hydrogen-bond acceptors (Lipinski definition) is 10. The Morgan fingerprint density at radius 3 is 1.54 bits per heavy atom. The topological polar surface area (TPSA) is 136 Å². The van der Waals surface area contributed by atoms with Gasteiger partial charge in [-0.25, -0.2) is 4.79 Å². The highest BCUT2D eigenvalue weighted by Gasteiger charge is 2.32. The van der Waals surface area contributed by atoms with Crippen molar-refractivity contribution in [1.29, 1.82) is 0 Å². The van der Waals surface area contributed by atoms with Crippen LogP contribution in [0.1, 0.15) is 19.3 Å². The third-order valence-corrected chi connectivity index (χ3v) is 3.40. The smallest absolute Gasteiger partial charge is 0.335 e. The number of imide groups is 1. The van der Waals surface area contributed by atoms with Gasteiger partial charge in [0.05, 0.1) is 72.5 Å². The van der Waals surface area contributed by atoms with Crippen molar-refractivity contribution in [3.8, 4) is 0 Å². The summed E-state index contributed by atoms with van der Waals surface area (Å²) in [5.74, 6) is -1.69. The van der Waals surface area contributed by atoms with Crippen LogP contribution in [-0.2, 0) is 42.9 Å². The van der Waals surface area contributed by atoms with Crippen molar-refractivity contribution in [2.75, 3.05) is 72.6 Å². The van der Waals surface area contributed by atoms with Gasteiger partial charge in [0.25, 0.3) is 11.8 Å². The van der Waals surface area contributed by atoms with Crippen LogP contribution in [0.25, 0.3) is 0 Å². The molecular formula is C17H30N2O9. The average molecular weight is 406 g/mol. The van der Waals surface area contributed by atoms with Crippen molar-refractivity contribution in [2.24, 2.45) is 5.73 Å². The molecular weight excluding hydrogens is 376 g/mol. The van der Waals surface area contributed by atoms with Crippen LogP contribution in [0.3, 0.4) is 0 Å². The molecule has 0 radical (unpaired) electrons. The molecule has 1 fully saturated rings. The standard InChI is InChI=1S/C17H30N2O9/c18-4-6-24-8-10-26-12-14-27-13-11-25-9-7-23-5-3-17(22)28-19-15(20)1-2-16(19)21/h1-14,18H2. The molecule has 0 aromatic rings. The average Bonchev–Trinajstić information content (AvgIpc) is 2.99. The summed E-state index contributed by atoms with van der Waals surface area (Å²) in [7, 11) is 0. The van der Waals surface area contributed by atoms with Crippen LogP contribution in [0.2, 0.25) is 0 Å². The molecule has 11 heteroatoms. The van der Waals surface area contributed by atoms with Crippen LogP contribution in [0.15, 0.2) is 0 Å². The summed E-state index contributed by atoms with van der Waals surface area (Å²) in [5.41, 5.74) is 5.28. The van der Waals surface area contributed by atoms with Gasteiger partial charge in [-0.05, 0) is 0 Å². The minimum absolute atomic E-state index is 0.0581. The van der Waals surface area contributed by atoms with Gasteiger partial charge in [-0.2, -0.15) is 0 Å². The van der Waals surface area contributed by atoms with E-state index in [2.05, 4.69) is 0 Å². The van der Waals surface area contributed by atoms with E-state index in [0.29, 0.717) is 71.1 Å². The molecule has 0 bridgehead atoms. The molecule has 2 N–H and O–H groups in total. The molecule has 0 atom stereocenters. The van der Waals surface area contributed by atoms with Crippen molar-refractivity contribution in [3.63, 3.8) is 0 Å². The molecule has 162 valence electrons. The first-order valence-electron chi connectivity index (χ1n) is 9.30. The lowest BCUT2D eigenvalue weighted by molar-refractivity contribution is -0.198. The zero-order valence-electron chi connectivity index (χ0n) is 16.1. The molecule has 0 aromatic carbocycles. The molecule has 0 saturated carbocycles. The third-order valence-electron chi connectivity index (χ3n) is 3.40. The number of carbonyl (C=O) groups is 3. The Morgan fingerprint density at radius 1 is 0.714 bits per heavy atom. The second-order valence-corrected chi connectivity index (χ2v) is 5.65. The number of hydrogen-bond donors (Lipinski definition) is 1. The van der Waals surface area contributed by atoms with E-state index in [1.807, 2.05) is 0 Å². The van der Waals surface area contributed by atoms with Gasteiger partial charge in [-0.1, -0.05) is 0 Å². The molecule has 11 nitrogen and oxygen atoms in total. The van der Waals surface area contributed by atoms with Gasteiger partial charge in [0.2, 0.25) is 0 Å². The second-order valence-electron chi connectivity index (χ2n) is 5.65. The predicted octanol–water partition coefficient (Wildman–Crippen LogP) is -0.975. The zero-order chi connectivity index (χ0) is 20.5. The first-order valence-corrected chi connectivity index (χ1v) is 9.30. The molecule has 1 heterocycles. The van der Waals surface area contributed by atoms with E-state index in [1.165, 1.54) is 0 Å². The van der Waals surface area contributed by atoms with Gasteiger partial charge in [0.1, 0.15) is 0 Å². The zero-order valence-corrected chi connectivity index (χ0v) is 16.1. The van der Waals surface area contributed by atoms with Gasteiger partial charge in [0.15, 0.2) is 0 Å². The van der Waals surface area contributed by atoms with Gasteiger partial charge < -0.3 is 34.3 Å². The van der Waals surface area contributed by atoms with Crippen LogP contribution >= 0.6 is 0 Å². The summed E-state index contributed by atoms with van der Waals surface area (Å²) in [6.07, 6.45) is 0.0825. The van der Waals surface area contributed by atoms with Crippen LogP contribution in [0, 0.1) is 0 Å². The molecule has 28 heavy (non-hydrogen) atoms. The molecule has 1 rings (SSSR count). The fraction of sp³-hybridized carbons (Fsp3) is 0.824. The molecule has 0 aliphatic carbocycles. The Balaban J connectivity index is 1.79. The molecule has 0 spiro atoms. The fourth-order valence-corrected chi connectivity index (χ4v) is 2.03. The molecule has 2 amide bonds. The first kappa shape index (κ1) is 24.4. The lowest BCUT2D eigenvalue weighted by atomic mass is 10.4. The third kappa shape index (κ3) is 12.0. The highest BCUT2D eigenvalue weighted by atomic mass is 16.7. The van der Waals surface area contributed by atoms with Gasteiger partial charge >= 0.3 is 5.97 Å². The number of hydroxylamine groups is 2. The monoisotopic (exact) mass is 406 g/mol. The van der Waals surface area contributed by atoms with Crippen LogP contribution in [0.5, 0.6) is 0 Å². The van der Waals surface area contributed by atoms with E-state index in [1.54, 1.807) is 0 Å². The maximum absolute atomic E-state index is 11.5. The van der Waals surface area contributed by atoms with Gasteiger partial charge in [-0.3, -0.25) is 9.59 Å². The van der Waals surface area contributed by atoms with E-state index < -0.39 is 17.8 Å². The molecule has 0 unspecified atom stereocenters. The van der Waals surface area contributed by atoms with Gasteiger partial charge in [-0.15, -0.1) is 5.06 Å². The fourth-order valence-electron chi connectivity index (χ4n) is 2.03. The first-order chi connectivity index (χ1) is 13.6. The maximum Gasteiger partial charge on any atom is 0.335 e. The summed E-state index contributed by atoms with van der Waals surface area (Å²) < 4.78 is 26.3. The van der Waals surface area contributed by atoms with Crippen molar-refractivity contribution in [1.82, 2.24) is 5.06 Å². The van der Waals surface area contributed by atoms with Crippen molar-refractivity contribution >= 4 is 17.8 Å². The highest BCUT2D eigenvalue weighted by Crippen LogP contribution is 2.12. The lowest BCUT2D eigenvalue weighted by Crippen LogP contribution is -2.32. The van der Waals surface area contributed by atoms with Crippen LogP contribution in [-0.4, -0.2) is 95.5 Å². The molecule has 0 aromatic heterocycles. The Bertz CT molecular complexity index is 446. The maximum atomic E-state index is 11.5. The van der Waals surface area contributed by atoms with Crippen molar-refractivity contribution in [2.45, 2.75) is 19.3 Å². The summed E-state index contributed by atoms with van der Waals surface area (Å²) in [5, 5.41) is 0.520. The molecule has 1 aliphatic heterocycles. The van der Waals surface area contributed by atoms with E-state index >= 15 is 0 Å². The minimum Gasteiger partial charge on any atom is -0.378 e. The Morgan fingerprint density at radius 2 is 1.11 bits per heavy atom. The summed E-state index contributed by atoms with van der Waals surface area (Å²) in [6.45, 7) is 4.66. The SMILES string of the molecule is NCCOCCOCCOCCOCCOCCC(=O)ON1C(=O)CCC1=O. The summed E-state index contributed by atoms with van der Waals surface area (Å²) in [6, 6.07) is 0. The van der Waals surface area contributed by atoms with E-state index in [4.69, 9.17) is 34.3 Å². The van der Waals surface area contributed by atoms with Crippen LogP contribution in [0.4, 0.5) is 0 Å². The number of nitrogens with two attached hydrogens (primary N) is 1. The van der Waals surface area contributed by atoms with Crippen LogP contribution < -0.4 is 5.73 Å². The number of amides is 2. The van der Waals surface area contributed by atoms with Crippen molar-refractivity contribution < 1.29 is 42.9 Å². The molecule has 1 saturated heterocycles. The summed E-state index contributed by atoms with van der Waals surface area (Å²) in [4.78, 5) is 38.8. The Kier molecular flexibility index (Phi) is 14.2. The highest BCUT2D eigenvalue weighted by molar-refractivity contribution is 6.01. The number of nitrogens with zero attached hydrogens (tertiary/aromatic N) is 1. The minimum atomic E-state index is -0.689. The van der Waals surface area contributed by atoms with E-state index in [-0.39, 0.29) is 25.9 Å². The van der Waals surface area contributed by atoms with E-state index in [0.717, 1.165) is 0 Å². The molecule has 1 aliphatic rings. The van der Waals surface area contributed by atoms with Crippen molar-refractivity contribution in [3.05, 3.63) is 0 Å². The Labute approximate surface area is 164 Å². The largest absolute Gasteiger partial charge is 0.378 e. The predicted molar refractivity (Wildman–Crippen MR) is 94.9 cm³/mol. The summed E-state index contributed by atoms with van der Waals surface area (Å²) >= 11 is 0. The number of rotatable bonds is 18. The number of ether oxygens (including phenoxy) is 5.